The molecule has 1 aliphatic heterocycles. The van der Waals surface area contributed by atoms with Crippen molar-refractivity contribution in [1.29, 1.82) is 5.26 Å². The predicted molar refractivity (Wildman–Crippen MR) is 138 cm³/mol. The van der Waals surface area contributed by atoms with E-state index in [2.05, 4.69) is 11.4 Å². The van der Waals surface area contributed by atoms with Gasteiger partial charge in [0.2, 0.25) is 5.91 Å². The Kier molecular flexibility index (Phi) is 8.78. The molecule has 4 rings (SSSR count). The topological polar surface area (TPSA) is 146 Å². The second-order valence-electron chi connectivity index (χ2n) is 9.99. The molecule has 1 heterocycles. The molecule has 1 saturated carbocycles. The van der Waals surface area contributed by atoms with Gasteiger partial charge in [-0.25, -0.2) is 8.78 Å². The molecule has 12 heteroatoms. The fourth-order valence-electron chi connectivity index (χ4n) is 5.70. The molecule has 2 aromatic rings. The van der Waals surface area contributed by atoms with Crippen LogP contribution in [0.15, 0.2) is 36.4 Å². The first-order chi connectivity index (χ1) is 18.5. The molecular weight excluding hydrogens is 555 g/mol. The summed E-state index contributed by atoms with van der Waals surface area (Å²) in [5.41, 5.74) is 2.88. The molecular formula is C27H27Cl2F2N3O5. The number of carbonyl (C=O) groups excluding carboxylic acids is 2. The fraction of sp³-hybridized carbons (Fsp3) is 0.444. The largest absolute Gasteiger partial charge is 0.462 e. The number of aliphatic hydroxyl groups excluding tert-OH is 2. The second-order valence-corrected chi connectivity index (χ2v) is 10.8. The Balaban J connectivity index is 1.90. The molecule has 1 saturated heterocycles. The minimum atomic E-state index is -1.92. The Labute approximate surface area is 233 Å². The van der Waals surface area contributed by atoms with Crippen LogP contribution in [-0.4, -0.2) is 53.5 Å². The first-order valence-electron chi connectivity index (χ1n) is 12.4. The first kappa shape index (κ1) is 29.2. The van der Waals surface area contributed by atoms with Gasteiger partial charge >= 0.3 is 5.97 Å². The Hall–Kier alpha value is -2.81. The molecule has 6 atom stereocenters. The number of nitrogens with zero attached hydrogens (tertiary/aromatic N) is 1. The van der Waals surface area contributed by atoms with E-state index in [0.29, 0.717) is 0 Å². The molecule has 5 N–H and O–H groups in total. The Morgan fingerprint density at radius 3 is 2.56 bits per heavy atom. The van der Waals surface area contributed by atoms with Crippen molar-refractivity contribution in [2.24, 2.45) is 17.6 Å². The number of nitrogens with one attached hydrogen (secondary N) is 1. The lowest BCUT2D eigenvalue weighted by Crippen LogP contribution is -2.49. The number of hydrogen-bond acceptors (Lipinski definition) is 7. The summed E-state index contributed by atoms with van der Waals surface area (Å²) in [5, 5.41) is 34.1. The summed E-state index contributed by atoms with van der Waals surface area (Å²) in [7, 11) is 0. The summed E-state index contributed by atoms with van der Waals surface area (Å²) in [5.74, 6) is -5.54. The molecule has 1 unspecified atom stereocenters. The van der Waals surface area contributed by atoms with Crippen LogP contribution in [0.5, 0.6) is 0 Å². The summed E-state index contributed by atoms with van der Waals surface area (Å²) in [6.07, 6.45) is -0.361. The van der Waals surface area contributed by atoms with Gasteiger partial charge in [-0.05, 0) is 42.5 Å². The highest BCUT2D eigenvalue weighted by Crippen LogP contribution is 2.55. The second kappa shape index (κ2) is 11.7. The molecule has 0 bridgehead atoms. The molecule has 0 radical (unpaired) electrons. The number of halogens is 4. The van der Waals surface area contributed by atoms with E-state index in [1.807, 2.05) is 0 Å². The molecule has 0 aromatic heterocycles. The van der Waals surface area contributed by atoms with E-state index < -0.39 is 72.0 Å². The normalized spacial score (nSPS) is 26.0. The Morgan fingerprint density at radius 1 is 1.26 bits per heavy atom. The monoisotopic (exact) mass is 581 g/mol. The maximum atomic E-state index is 15.6. The maximum Gasteiger partial charge on any atom is 0.323 e. The highest BCUT2D eigenvalue weighted by molar-refractivity contribution is 6.31. The van der Waals surface area contributed by atoms with E-state index in [9.17, 15) is 25.1 Å². The van der Waals surface area contributed by atoms with Gasteiger partial charge in [0.25, 0.3) is 0 Å². The third-order valence-electron chi connectivity index (χ3n) is 7.53. The van der Waals surface area contributed by atoms with E-state index in [0.717, 1.165) is 18.9 Å². The molecule has 39 heavy (non-hydrogen) atoms. The van der Waals surface area contributed by atoms with Crippen LogP contribution in [-0.2, 0) is 19.7 Å². The van der Waals surface area contributed by atoms with Crippen LogP contribution in [0.3, 0.4) is 0 Å². The van der Waals surface area contributed by atoms with Gasteiger partial charge < -0.3 is 20.7 Å². The van der Waals surface area contributed by atoms with Crippen molar-refractivity contribution < 1.29 is 33.3 Å². The van der Waals surface area contributed by atoms with Gasteiger partial charge in [0.1, 0.15) is 29.7 Å². The first-order valence-corrected chi connectivity index (χ1v) is 13.1. The maximum absolute atomic E-state index is 15.6. The van der Waals surface area contributed by atoms with Crippen LogP contribution in [0.4, 0.5) is 8.78 Å². The van der Waals surface area contributed by atoms with Crippen molar-refractivity contribution in [3.8, 4) is 6.07 Å². The van der Waals surface area contributed by atoms with Gasteiger partial charge in [0, 0.05) is 35.1 Å². The fourth-order valence-corrected chi connectivity index (χ4v) is 6.04. The number of carbonyl (C=O) groups is 2. The summed E-state index contributed by atoms with van der Waals surface area (Å²) in [4.78, 5) is 24.6. The summed E-state index contributed by atoms with van der Waals surface area (Å²) in [6.45, 7) is -0.985. The van der Waals surface area contributed by atoms with Gasteiger partial charge in [0.05, 0.1) is 23.6 Å². The van der Waals surface area contributed by atoms with Gasteiger partial charge in [-0.2, -0.15) is 5.26 Å². The molecule has 8 nitrogen and oxygen atoms in total. The number of benzene rings is 2. The summed E-state index contributed by atoms with van der Waals surface area (Å²) >= 11 is 12.1. The number of nitriles is 1. The zero-order valence-corrected chi connectivity index (χ0v) is 22.1. The highest BCUT2D eigenvalue weighted by Gasteiger charge is 2.64. The van der Waals surface area contributed by atoms with Crippen LogP contribution in [0, 0.1) is 34.8 Å². The molecule has 1 aliphatic carbocycles. The minimum Gasteiger partial charge on any atom is -0.462 e. The van der Waals surface area contributed by atoms with Gasteiger partial charge in [0.15, 0.2) is 0 Å². The van der Waals surface area contributed by atoms with E-state index in [-0.39, 0.29) is 33.7 Å². The van der Waals surface area contributed by atoms with Crippen LogP contribution in [0.25, 0.3) is 0 Å². The van der Waals surface area contributed by atoms with Crippen LogP contribution >= 0.6 is 23.2 Å². The third kappa shape index (κ3) is 5.60. The number of esters is 1. The number of primary amides is 1. The molecule has 0 spiro atoms. The Morgan fingerprint density at radius 2 is 1.97 bits per heavy atom. The average Bonchev–Trinajstić information content (AvgIpc) is 3.66. The number of amides is 1. The van der Waals surface area contributed by atoms with Crippen molar-refractivity contribution in [2.75, 3.05) is 13.2 Å². The number of ether oxygens (including phenoxy) is 1. The molecule has 2 fully saturated rings. The molecule has 2 aliphatic rings. The molecule has 1 amide bonds. The molecule has 208 valence electrons. The standard InChI is InChI=1S/C27H27Cl2F2N3O5/c28-14-6-7-18(20(30)8-14)27(12-32)22(16-2-1-3-19(29)23(16)31)24(26(38)39-11-15(36)9-21(33)37)34-25(27)17(10-35)13-4-5-13/h1-3,6-8,13,15,17,22,24-25,34-36H,4-5,9-11H2,(H2,33,37)/t15-,17?,22+,24-,25+,27-/m0/s1. The smallest absolute Gasteiger partial charge is 0.323 e. The van der Waals surface area contributed by atoms with Gasteiger partial charge in [-0.15, -0.1) is 0 Å². The van der Waals surface area contributed by atoms with Crippen molar-refractivity contribution in [2.45, 2.75) is 48.8 Å². The van der Waals surface area contributed by atoms with E-state index in [4.69, 9.17) is 33.7 Å². The quantitative estimate of drug-likeness (QED) is 0.315. The zero-order chi connectivity index (χ0) is 28.5. The van der Waals surface area contributed by atoms with E-state index in [1.54, 1.807) is 0 Å². The number of hydrogen-bond donors (Lipinski definition) is 4. The lowest BCUT2D eigenvalue weighted by molar-refractivity contribution is -0.150. The highest BCUT2D eigenvalue weighted by atomic mass is 35.5. The number of rotatable bonds is 10. The summed E-state index contributed by atoms with van der Waals surface area (Å²) in [6, 6.07) is 7.56. The molecule has 2 aromatic carbocycles. The van der Waals surface area contributed by atoms with Crippen LogP contribution < -0.4 is 11.1 Å². The minimum absolute atomic E-state index is 0.0207. The van der Waals surface area contributed by atoms with Crippen LogP contribution in [0.1, 0.15) is 36.3 Å². The van der Waals surface area contributed by atoms with Gasteiger partial charge in [-0.1, -0.05) is 41.4 Å². The SMILES string of the molecule is N#C[C@@]1(c2ccc(Cl)cc2F)[C@@H](C(CO)C2CC2)N[C@H](C(=O)OC[C@@H](O)CC(N)=O)[C@H]1c1cccc(Cl)c1F. The lowest BCUT2D eigenvalue weighted by Gasteiger charge is -2.38. The Bertz CT molecular complexity index is 1300. The van der Waals surface area contributed by atoms with Crippen molar-refractivity contribution in [1.82, 2.24) is 5.32 Å². The predicted octanol–water partition coefficient (Wildman–Crippen LogP) is 2.96. The average molecular weight is 582 g/mol. The number of aliphatic hydroxyl groups is 2. The van der Waals surface area contributed by atoms with Crippen molar-refractivity contribution in [3.05, 3.63) is 69.2 Å². The third-order valence-corrected chi connectivity index (χ3v) is 8.05. The number of nitrogens with two attached hydrogens (primary N) is 1. The van der Waals surface area contributed by atoms with Crippen molar-refractivity contribution >= 4 is 35.1 Å². The zero-order valence-electron chi connectivity index (χ0n) is 20.6. The van der Waals surface area contributed by atoms with Crippen molar-refractivity contribution in [3.63, 3.8) is 0 Å². The van der Waals surface area contributed by atoms with E-state index in [1.165, 1.54) is 30.3 Å². The van der Waals surface area contributed by atoms with E-state index >= 15 is 8.78 Å². The lowest BCUT2D eigenvalue weighted by atomic mass is 9.62. The van der Waals surface area contributed by atoms with Crippen LogP contribution in [0.2, 0.25) is 10.0 Å². The van der Waals surface area contributed by atoms with Gasteiger partial charge in [-0.3, -0.25) is 14.9 Å². The summed E-state index contributed by atoms with van der Waals surface area (Å²) < 4.78 is 36.5.